The Morgan fingerprint density at radius 3 is 2.92 bits per heavy atom. The molecule has 0 aliphatic rings. The minimum atomic E-state index is 0.675. The minimum Gasteiger partial charge on any atom is -0.380 e. The van der Waals surface area contributed by atoms with Gasteiger partial charge in [0, 0.05) is 13.0 Å². The fourth-order valence-corrected chi connectivity index (χ4v) is 0.946. The van der Waals surface area contributed by atoms with Crippen LogP contribution in [0.1, 0.15) is 19.7 Å². The van der Waals surface area contributed by atoms with Crippen molar-refractivity contribution in [2.45, 2.75) is 26.8 Å². The van der Waals surface area contributed by atoms with E-state index in [0.717, 1.165) is 25.4 Å². The molecule has 0 aliphatic carbocycles. The molecule has 0 aromatic carbocycles. The van der Waals surface area contributed by atoms with Crippen LogP contribution in [-0.4, -0.2) is 33.4 Å². The van der Waals surface area contributed by atoms with Gasteiger partial charge in [-0.2, -0.15) is 0 Å². The zero-order valence-electron chi connectivity index (χ0n) is 7.53. The molecule has 0 saturated heterocycles. The topological polar surface area (TPSA) is 52.8 Å². The number of hydrogen-bond donors (Lipinski definition) is 0. The van der Waals surface area contributed by atoms with Gasteiger partial charge >= 0.3 is 0 Å². The maximum Gasteiger partial charge on any atom is 0.151 e. The lowest BCUT2D eigenvalue weighted by molar-refractivity contribution is 0.135. The van der Waals surface area contributed by atoms with Crippen molar-refractivity contribution in [3.63, 3.8) is 0 Å². The summed E-state index contributed by atoms with van der Waals surface area (Å²) >= 11 is 0. The van der Waals surface area contributed by atoms with Crippen LogP contribution in [0.2, 0.25) is 0 Å². The van der Waals surface area contributed by atoms with Gasteiger partial charge in [-0.3, -0.25) is 0 Å². The van der Waals surface area contributed by atoms with Crippen molar-refractivity contribution < 1.29 is 4.74 Å². The molecule has 0 amide bonds. The van der Waals surface area contributed by atoms with E-state index in [-0.39, 0.29) is 0 Å². The van der Waals surface area contributed by atoms with Gasteiger partial charge in [-0.15, -0.1) is 5.10 Å². The highest BCUT2D eigenvalue weighted by molar-refractivity contribution is 4.78. The Kier molecular flexibility index (Phi) is 3.66. The third-order valence-corrected chi connectivity index (χ3v) is 1.57. The first-order valence-electron chi connectivity index (χ1n) is 4.21. The summed E-state index contributed by atoms with van der Waals surface area (Å²) in [6.45, 7) is 6.16. The molecular formula is C7H14N4O. The monoisotopic (exact) mass is 170 g/mol. The highest BCUT2D eigenvalue weighted by atomic mass is 16.5. The molecule has 0 bridgehead atoms. The molecular weight excluding hydrogens is 156 g/mol. The maximum absolute atomic E-state index is 5.19. The van der Waals surface area contributed by atoms with Crippen molar-refractivity contribution in [2.75, 3.05) is 13.2 Å². The number of hydrogen-bond acceptors (Lipinski definition) is 4. The van der Waals surface area contributed by atoms with E-state index < -0.39 is 0 Å². The van der Waals surface area contributed by atoms with Crippen LogP contribution in [-0.2, 0) is 17.7 Å². The Bertz CT molecular complexity index is 223. The van der Waals surface area contributed by atoms with Gasteiger partial charge in [-0.25, -0.2) is 4.68 Å². The Hall–Kier alpha value is -0.970. The largest absolute Gasteiger partial charge is 0.380 e. The molecule has 1 aromatic heterocycles. The number of nitrogens with zero attached hydrogens (tertiary/aromatic N) is 4. The van der Waals surface area contributed by atoms with Crippen LogP contribution in [0.3, 0.4) is 0 Å². The predicted molar refractivity (Wildman–Crippen MR) is 43.7 cm³/mol. The third kappa shape index (κ3) is 2.27. The zero-order chi connectivity index (χ0) is 8.81. The van der Waals surface area contributed by atoms with Crippen molar-refractivity contribution in [3.05, 3.63) is 5.82 Å². The highest BCUT2D eigenvalue weighted by Gasteiger charge is 2.01. The van der Waals surface area contributed by atoms with E-state index >= 15 is 0 Å². The molecule has 68 valence electrons. The van der Waals surface area contributed by atoms with E-state index in [1.807, 2.05) is 13.8 Å². The molecule has 5 heteroatoms. The van der Waals surface area contributed by atoms with E-state index in [4.69, 9.17) is 4.74 Å². The van der Waals surface area contributed by atoms with Crippen LogP contribution in [0.25, 0.3) is 0 Å². The van der Waals surface area contributed by atoms with Gasteiger partial charge in [0.1, 0.15) is 0 Å². The van der Waals surface area contributed by atoms with Crippen LogP contribution in [0.4, 0.5) is 0 Å². The molecule has 0 fully saturated rings. The van der Waals surface area contributed by atoms with E-state index in [0.29, 0.717) is 6.61 Å². The molecule has 0 atom stereocenters. The highest BCUT2D eigenvalue weighted by Crippen LogP contribution is 1.92. The predicted octanol–water partition coefficient (Wildman–Crippen LogP) is 0.272. The molecule has 0 saturated carbocycles. The lowest BCUT2D eigenvalue weighted by Gasteiger charge is -2.02. The van der Waals surface area contributed by atoms with Crippen molar-refractivity contribution in [2.24, 2.45) is 0 Å². The lowest BCUT2D eigenvalue weighted by Crippen LogP contribution is -2.10. The van der Waals surface area contributed by atoms with Gasteiger partial charge in [-0.05, 0) is 17.4 Å². The summed E-state index contributed by atoms with van der Waals surface area (Å²) in [5.74, 6) is 0.912. The summed E-state index contributed by atoms with van der Waals surface area (Å²) < 4.78 is 6.96. The third-order valence-electron chi connectivity index (χ3n) is 1.57. The van der Waals surface area contributed by atoms with E-state index in [1.165, 1.54) is 0 Å². The fourth-order valence-electron chi connectivity index (χ4n) is 0.946. The average molecular weight is 170 g/mol. The van der Waals surface area contributed by atoms with E-state index in [2.05, 4.69) is 15.5 Å². The molecule has 0 radical (unpaired) electrons. The van der Waals surface area contributed by atoms with Crippen molar-refractivity contribution >= 4 is 0 Å². The van der Waals surface area contributed by atoms with Crippen LogP contribution in [0.5, 0.6) is 0 Å². The zero-order valence-corrected chi connectivity index (χ0v) is 7.53. The van der Waals surface area contributed by atoms with E-state index in [1.54, 1.807) is 4.68 Å². The summed E-state index contributed by atoms with van der Waals surface area (Å²) in [6, 6.07) is 0. The van der Waals surface area contributed by atoms with Crippen LogP contribution in [0, 0.1) is 0 Å². The molecule has 0 N–H and O–H groups in total. The molecule has 0 aliphatic heterocycles. The fraction of sp³-hybridized carbons (Fsp3) is 0.857. The van der Waals surface area contributed by atoms with Gasteiger partial charge in [0.05, 0.1) is 13.2 Å². The Morgan fingerprint density at radius 2 is 2.25 bits per heavy atom. The number of rotatable bonds is 5. The van der Waals surface area contributed by atoms with E-state index in [9.17, 15) is 0 Å². The summed E-state index contributed by atoms with van der Waals surface area (Å²) in [5, 5.41) is 11.3. The van der Waals surface area contributed by atoms with Gasteiger partial charge in [-0.1, -0.05) is 6.92 Å². The second-order valence-corrected chi connectivity index (χ2v) is 2.37. The molecule has 5 nitrogen and oxygen atoms in total. The number of tetrazole rings is 1. The normalized spacial score (nSPS) is 10.5. The molecule has 12 heavy (non-hydrogen) atoms. The van der Waals surface area contributed by atoms with Crippen molar-refractivity contribution in [1.82, 2.24) is 20.2 Å². The smallest absolute Gasteiger partial charge is 0.151 e. The Balaban J connectivity index is 2.39. The Labute approximate surface area is 71.7 Å². The quantitative estimate of drug-likeness (QED) is 0.595. The first-order valence-corrected chi connectivity index (χ1v) is 4.21. The SMILES string of the molecule is CCOCCn1nnnc1CC. The van der Waals surface area contributed by atoms with Gasteiger partial charge < -0.3 is 4.74 Å². The Morgan fingerprint density at radius 1 is 1.42 bits per heavy atom. The number of ether oxygens (including phenoxy) is 1. The van der Waals surface area contributed by atoms with Crippen LogP contribution < -0.4 is 0 Å². The first kappa shape index (κ1) is 9.12. The summed E-state index contributed by atoms with van der Waals surface area (Å²) in [5.41, 5.74) is 0. The molecule has 0 spiro atoms. The first-order chi connectivity index (χ1) is 5.88. The molecule has 0 unspecified atom stereocenters. The number of aryl methyl sites for hydroxylation is 1. The minimum absolute atomic E-state index is 0.675. The number of aromatic nitrogens is 4. The molecule has 1 heterocycles. The molecule has 1 aromatic rings. The van der Waals surface area contributed by atoms with Crippen molar-refractivity contribution in [1.29, 1.82) is 0 Å². The van der Waals surface area contributed by atoms with Gasteiger partial charge in [0.15, 0.2) is 5.82 Å². The summed E-state index contributed by atoms with van der Waals surface area (Å²) in [4.78, 5) is 0. The standard InChI is InChI=1S/C7H14N4O/c1-3-7-8-9-10-11(7)5-6-12-4-2/h3-6H2,1-2H3. The summed E-state index contributed by atoms with van der Waals surface area (Å²) in [6.07, 6.45) is 0.860. The van der Waals surface area contributed by atoms with Crippen molar-refractivity contribution in [3.8, 4) is 0 Å². The second kappa shape index (κ2) is 4.82. The van der Waals surface area contributed by atoms with Gasteiger partial charge in [0.2, 0.25) is 0 Å². The lowest BCUT2D eigenvalue weighted by atomic mass is 10.4. The van der Waals surface area contributed by atoms with Gasteiger partial charge in [0.25, 0.3) is 0 Å². The average Bonchev–Trinajstić information content (AvgIpc) is 2.52. The molecule has 1 rings (SSSR count). The summed E-state index contributed by atoms with van der Waals surface area (Å²) in [7, 11) is 0. The van der Waals surface area contributed by atoms with Crippen LogP contribution in [0.15, 0.2) is 0 Å². The maximum atomic E-state index is 5.19. The second-order valence-electron chi connectivity index (χ2n) is 2.37. The van der Waals surface area contributed by atoms with Crippen LogP contribution >= 0.6 is 0 Å².